The predicted molar refractivity (Wildman–Crippen MR) is 119 cm³/mol. The van der Waals surface area contributed by atoms with Crippen LogP contribution in [0, 0.1) is 5.92 Å². The molecule has 0 spiro atoms. The Morgan fingerprint density at radius 3 is 2.19 bits per heavy atom. The van der Waals surface area contributed by atoms with Gasteiger partial charge in [-0.3, -0.25) is 14.4 Å². The predicted octanol–water partition coefficient (Wildman–Crippen LogP) is 3.21. The Balaban J connectivity index is 1.34. The van der Waals surface area contributed by atoms with Crippen LogP contribution in [0.3, 0.4) is 0 Å². The fourth-order valence-corrected chi connectivity index (χ4v) is 3.87. The fourth-order valence-electron chi connectivity index (χ4n) is 3.87. The van der Waals surface area contributed by atoms with Crippen molar-refractivity contribution < 1.29 is 9.59 Å². The molecule has 6 nitrogen and oxygen atoms in total. The minimum atomic E-state index is -0.394. The van der Waals surface area contributed by atoms with E-state index in [0.717, 1.165) is 11.1 Å². The average molecular weight is 415 g/mol. The monoisotopic (exact) mass is 415 g/mol. The maximum absolute atomic E-state index is 12.9. The van der Waals surface area contributed by atoms with Crippen LogP contribution in [-0.4, -0.2) is 34.8 Å². The second-order valence-corrected chi connectivity index (χ2v) is 7.75. The molecule has 0 unspecified atom stereocenters. The molecule has 3 aromatic rings. The van der Waals surface area contributed by atoms with Gasteiger partial charge in [0.05, 0.1) is 0 Å². The zero-order valence-corrected chi connectivity index (χ0v) is 17.2. The molecule has 0 aliphatic carbocycles. The number of benzene rings is 2. The van der Waals surface area contributed by atoms with Gasteiger partial charge in [0.1, 0.15) is 5.56 Å². The van der Waals surface area contributed by atoms with Crippen LogP contribution in [0.1, 0.15) is 28.8 Å². The van der Waals surface area contributed by atoms with E-state index in [1.807, 2.05) is 60.7 Å². The van der Waals surface area contributed by atoms with Crippen LogP contribution in [0.4, 0.5) is 0 Å². The van der Waals surface area contributed by atoms with E-state index in [-0.39, 0.29) is 23.3 Å². The molecule has 2 amide bonds. The van der Waals surface area contributed by atoms with Crippen LogP contribution in [0.2, 0.25) is 0 Å². The van der Waals surface area contributed by atoms with Gasteiger partial charge in [-0.1, -0.05) is 60.7 Å². The number of piperidine rings is 1. The van der Waals surface area contributed by atoms with Gasteiger partial charge in [0.25, 0.3) is 11.5 Å². The van der Waals surface area contributed by atoms with Gasteiger partial charge in [0.15, 0.2) is 0 Å². The average Bonchev–Trinajstić information content (AvgIpc) is 2.83. The van der Waals surface area contributed by atoms with E-state index in [1.54, 1.807) is 17.0 Å². The van der Waals surface area contributed by atoms with E-state index in [4.69, 9.17) is 0 Å². The molecule has 4 rings (SSSR count). The van der Waals surface area contributed by atoms with Crippen molar-refractivity contribution >= 4 is 11.8 Å². The molecule has 158 valence electrons. The summed E-state index contributed by atoms with van der Waals surface area (Å²) < 4.78 is 0. The molecule has 1 saturated heterocycles. The molecule has 6 heteroatoms. The number of hydrogen-bond acceptors (Lipinski definition) is 3. The minimum absolute atomic E-state index is 0.0148. The Labute approximate surface area is 180 Å². The molecule has 2 heterocycles. The lowest BCUT2D eigenvalue weighted by Crippen LogP contribution is -2.44. The molecular formula is C25H25N3O3. The number of carbonyl (C=O) groups excluding carboxylic acids is 2. The van der Waals surface area contributed by atoms with Crippen LogP contribution < -0.4 is 10.9 Å². The van der Waals surface area contributed by atoms with Gasteiger partial charge in [-0.15, -0.1) is 0 Å². The van der Waals surface area contributed by atoms with Gasteiger partial charge in [-0.25, -0.2) is 0 Å². The quantitative estimate of drug-likeness (QED) is 0.671. The minimum Gasteiger partial charge on any atom is -0.352 e. The molecule has 2 aromatic carbocycles. The summed E-state index contributed by atoms with van der Waals surface area (Å²) in [5, 5.41) is 2.98. The van der Waals surface area contributed by atoms with Crippen molar-refractivity contribution in [3.05, 3.63) is 94.3 Å². The third kappa shape index (κ3) is 4.91. The molecule has 31 heavy (non-hydrogen) atoms. The van der Waals surface area contributed by atoms with Gasteiger partial charge in [0, 0.05) is 31.2 Å². The van der Waals surface area contributed by atoms with Gasteiger partial charge >= 0.3 is 0 Å². The first-order chi connectivity index (χ1) is 15.1. The summed E-state index contributed by atoms with van der Waals surface area (Å²) in [4.78, 5) is 42.3. The Morgan fingerprint density at radius 1 is 0.903 bits per heavy atom. The van der Waals surface area contributed by atoms with Gasteiger partial charge < -0.3 is 15.2 Å². The fraction of sp³-hybridized carbons (Fsp3) is 0.240. The van der Waals surface area contributed by atoms with Crippen molar-refractivity contribution in [2.24, 2.45) is 5.92 Å². The number of H-pyrrole nitrogens is 1. The number of aromatic amines is 1. The SMILES string of the molecule is O=C(NCc1ccccc1)C1CCN(C(=O)c2ccc(-c3ccccc3)[nH]c2=O)CC1. The maximum Gasteiger partial charge on any atom is 0.261 e. The lowest BCUT2D eigenvalue weighted by molar-refractivity contribution is -0.126. The van der Waals surface area contributed by atoms with Crippen molar-refractivity contribution in [1.29, 1.82) is 0 Å². The second kappa shape index (κ2) is 9.43. The van der Waals surface area contributed by atoms with E-state index >= 15 is 0 Å². The topological polar surface area (TPSA) is 82.3 Å². The molecular weight excluding hydrogens is 390 g/mol. The highest BCUT2D eigenvalue weighted by atomic mass is 16.2. The molecule has 0 radical (unpaired) electrons. The van der Waals surface area contributed by atoms with Crippen LogP contribution in [0.15, 0.2) is 77.6 Å². The smallest absolute Gasteiger partial charge is 0.261 e. The van der Waals surface area contributed by atoms with E-state index in [2.05, 4.69) is 10.3 Å². The van der Waals surface area contributed by atoms with Crippen LogP contribution in [0.25, 0.3) is 11.3 Å². The van der Waals surface area contributed by atoms with Gasteiger partial charge in [-0.2, -0.15) is 0 Å². The molecule has 1 fully saturated rings. The summed E-state index contributed by atoms with van der Waals surface area (Å²) in [6.45, 7) is 1.42. The first-order valence-electron chi connectivity index (χ1n) is 10.5. The molecule has 0 saturated carbocycles. The van der Waals surface area contributed by atoms with E-state index < -0.39 is 5.56 Å². The van der Waals surface area contributed by atoms with Crippen molar-refractivity contribution in [2.75, 3.05) is 13.1 Å². The van der Waals surface area contributed by atoms with Crippen LogP contribution in [-0.2, 0) is 11.3 Å². The normalized spacial score (nSPS) is 14.3. The third-order valence-corrected chi connectivity index (χ3v) is 5.69. The van der Waals surface area contributed by atoms with Crippen molar-refractivity contribution in [2.45, 2.75) is 19.4 Å². The number of pyridine rings is 1. The van der Waals surface area contributed by atoms with Crippen molar-refractivity contribution in [1.82, 2.24) is 15.2 Å². The summed E-state index contributed by atoms with van der Waals surface area (Å²) >= 11 is 0. The van der Waals surface area contributed by atoms with Crippen molar-refractivity contribution in [3.8, 4) is 11.3 Å². The van der Waals surface area contributed by atoms with Gasteiger partial charge in [-0.05, 0) is 36.1 Å². The number of aromatic nitrogens is 1. The highest BCUT2D eigenvalue weighted by Gasteiger charge is 2.28. The van der Waals surface area contributed by atoms with Crippen molar-refractivity contribution in [3.63, 3.8) is 0 Å². The highest BCUT2D eigenvalue weighted by Crippen LogP contribution is 2.20. The second-order valence-electron chi connectivity index (χ2n) is 7.75. The first kappa shape index (κ1) is 20.6. The number of carbonyl (C=O) groups is 2. The Hall–Kier alpha value is -3.67. The molecule has 1 aromatic heterocycles. The number of nitrogens with one attached hydrogen (secondary N) is 2. The van der Waals surface area contributed by atoms with Gasteiger partial charge in [0.2, 0.25) is 5.91 Å². The van der Waals surface area contributed by atoms with E-state index in [1.165, 1.54) is 0 Å². The molecule has 1 aliphatic heterocycles. The number of rotatable bonds is 5. The number of nitrogens with zero attached hydrogens (tertiary/aromatic N) is 1. The van der Waals surface area contributed by atoms with E-state index in [9.17, 15) is 14.4 Å². The molecule has 0 bridgehead atoms. The molecule has 1 aliphatic rings. The summed E-state index contributed by atoms with van der Waals surface area (Å²) in [6.07, 6.45) is 1.18. The lowest BCUT2D eigenvalue weighted by Gasteiger charge is -2.31. The lowest BCUT2D eigenvalue weighted by atomic mass is 9.95. The van der Waals surface area contributed by atoms with E-state index in [0.29, 0.717) is 38.2 Å². The third-order valence-electron chi connectivity index (χ3n) is 5.69. The van der Waals surface area contributed by atoms with Crippen LogP contribution >= 0.6 is 0 Å². The highest BCUT2D eigenvalue weighted by molar-refractivity contribution is 5.94. The summed E-state index contributed by atoms with van der Waals surface area (Å²) in [5.41, 5.74) is 2.36. The van der Waals surface area contributed by atoms with Crippen LogP contribution in [0.5, 0.6) is 0 Å². The summed E-state index contributed by atoms with van der Waals surface area (Å²) in [7, 11) is 0. The zero-order valence-electron chi connectivity index (χ0n) is 17.2. The maximum atomic E-state index is 12.9. The zero-order chi connectivity index (χ0) is 21.6. The Morgan fingerprint density at radius 2 is 1.55 bits per heavy atom. The standard InChI is InChI=1S/C25H25N3O3/c29-23(26-17-18-7-3-1-4-8-18)20-13-15-28(16-14-20)25(31)21-11-12-22(27-24(21)30)19-9-5-2-6-10-19/h1-12,20H,13-17H2,(H,26,29)(H,27,30). The summed E-state index contributed by atoms with van der Waals surface area (Å²) in [6, 6.07) is 22.6. The molecule has 2 N–H and O–H groups in total. The molecule has 0 atom stereocenters. The largest absolute Gasteiger partial charge is 0.352 e. The Bertz CT molecular complexity index is 1100. The number of amides is 2. The summed E-state index contributed by atoms with van der Waals surface area (Å²) in [5.74, 6) is -0.392. The Kier molecular flexibility index (Phi) is 6.26. The number of hydrogen-bond donors (Lipinski definition) is 2. The first-order valence-corrected chi connectivity index (χ1v) is 10.5. The number of likely N-dealkylation sites (tertiary alicyclic amines) is 1.